The summed E-state index contributed by atoms with van der Waals surface area (Å²) in [6, 6.07) is 6.22. The molecule has 2 aromatic rings. The van der Waals surface area contributed by atoms with Crippen LogP contribution >= 0.6 is 11.6 Å². The molecule has 1 aromatic heterocycles. The van der Waals surface area contributed by atoms with Crippen LogP contribution in [0.25, 0.3) is 5.69 Å². The molecular formula is C11H12ClFN4. The standard InChI is InChI=1S/C11H12ClFN4/c12-7-11-16-15-10(4-5-14)17(11)9-3-1-2-8(13)6-9/h1-3,6H,4-5,7,14H2. The van der Waals surface area contributed by atoms with E-state index in [1.807, 2.05) is 0 Å². The van der Waals surface area contributed by atoms with Crippen molar-refractivity contribution >= 4 is 11.6 Å². The van der Waals surface area contributed by atoms with E-state index in [4.69, 9.17) is 17.3 Å². The second-order valence-corrected chi connectivity index (χ2v) is 3.79. The SMILES string of the molecule is NCCc1nnc(CCl)n1-c1cccc(F)c1. The Hall–Kier alpha value is -1.46. The van der Waals surface area contributed by atoms with Crippen LogP contribution in [0.3, 0.4) is 0 Å². The van der Waals surface area contributed by atoms with Crippen molar-refractivity contribution in [2.24, 2.45) is 5.73 Å². The molecular weight excluding hydrogens is 243 g/mol. The van der Waals surface area contributed by atoms with E-state index in [0.717, 1.165) is 0 Å². The van der Waals surface area contributed by atoms with Gasteiger partial charge in [-0.25, -0.2) is 4.39 Å². The summed E-state index contributed by atoms with van der Waals surface area (Å²) >= 11 is 5.79. The van der Waals surface area contributed by atoms with Crippen LogP contribution in [0.4, 0.5) is 4.39 Å². The highest BCUT2D eigenvalue weighted by atomic mass is 35.5. The third kappa shape index (κ3) is 2.45. The molecule has 0 unspecified atom stereocenters. The molecule has 0 spiro atoms. The summed E-state index contributed by atoms with van der Waals surface area (Å²) in [5, 5.41) is 7.97. The monoisotopic (exact) mass is 254 g/mol. The minimum Gasteiger partial charge on any atom is -0.330 e. The third-order valence-electron chi connectivity index (χ3n) is 2.35. The fraction of sp³-hybridized carbons (Fsp3) is 0.273. The van der Waals surface area contributed by atoms with Crippen LogP contribution in [0, 0.1) is 5.82 Å². The van der Waals surface area contributed by atoms with Gasteiger partial charge in [-0.3, -0.25) is 4.57 Å². The first-order valence-corrected chi connectivity index (χ1v) is 5.75. The maximum atomic E-state index is 13.2. The number of hydrogen-bond donors (Lipinski definition) is 1. The van der Waals surface area contributed by atoms with E-state index in [-0.39, 0.29) is 11.7 Å². The molecule has 0 radical (unpaired) electrons. The van der Waals surface area contributed by atoms with Gasteiger partial charge in [-0.2, -0.15) is 0 Å². The van der Waals surface area contributed by atoms with Gasteiger partial charge in [-0.05, 0) is 24.7 Å². The molecule has 0 saturated heterocycles. The van der Waals surface area contributed by atoms with E-state index in [1.165, 1.54) is 12.1 Å². The summed E-state index contributed by atoms with van der Waals surface area (Å²) in [5.74, 6) is 1.18. The number of halogens is 2. The number of hydrogen-bond acceptors (Lipinski definition) is 3. The summed E-state index contributed by atoms with van der Waals surface area (Å²) in [5.41, 5.74) is 6.16. The third-order valence-corrected chi connectivity index (χ3v) is 2.59. The lowest BCUT2D eigenvalue weighted by Crippen LogP contribution is -2.10. The summed E-state index contributed by atoms with van der Waals surface area (Å²) in [6.45, 7) is 0.454. The van der Waals surface area contributed by atoms with Gasteiger partial charge in [-0.1, -0.05) is 6.07 Å². The maximum Gasteiger partial charge on any atom is 0.152 e. The molecule has 0 saturated carbocycles. The number of benzene rings is 1. The van der Waals surface area contributed by atoms with Crippen molar-refractivity contribution in [1.82, 2.24) is 14.8 Å². The first kappa shape index (κ1) is 12.0. The van der Waals surface area contributed by atoms with Crippen LogP contribution in [0.15, 0.2) is 24.3 Å². The van der Waals surface area contributed by atoms with Crippen LogP contribution in [0.2, 0.25) is 0 Å². The van der Waals surface area contributed by atoms with Crippen molar-refractivity contribution in [2.75, 3.05) is 6.54 Å². The lowest BCUT2D eigenvalue weighted by molar-refractivity contribution is 0.626. The highest BCUT2D eigenvalue weighted by molar-refractivity contribution is 6.16. The van der Waals surface area contributed by atoms with E-state index >= 15 is 0 Å². The Labute approximate surface area is 103 Å². The lowest BCUT2D eigenvalue weighted by atomic mass is 10.3. The normalized spacial score (nSPS) is 10.8. The molecule has 2 N–H and O–H groups in total. The second kappa shape index (κ2) is 5.25. The zero-order valence-corrected chi connectivity index (χ0v) is 9.86. The number of nitrogens with zero attached hydrogens (tertiary/aromatic N) is 3. The number of nitrogens with two attached hydrogens (primary N) is 1. The zero-order valence-electron chi connectivity index (χ0n) is 9.11. The average molecular weight is 255 g/mol. The first-order valence-electron chi connectivity index (χ1n) is 5.21. The molecule has 0 atom stereocenters. The van der Waals surface area contributed by atoms with Crippen LogP contribution in [-0.2, 0) is 12.3 Å². The van der Waals surface area contributed by atoms with Gasteiger partial charge in [0.2, 0.25) is 0 Å². The van der Waals surface area contributed by atoms with Crippen molar-refractivity contribution in [3.8, 4) is 5.69 Å². The van der Waals surface area contributed by atoms with Gasteiger partial charge in [-0.15, -0.1) is 21.8 Å². The fourth-order valence-electron chi connectivity index (χ4n) is 1.64. The molecule has 17 heavy (non-hydrogen) atoms. The highest BCUT2D eigenvalue weighted by Gasteiger charge is 2.12. The minimum atomic E-state index is -0.310. The summed E-state index contributed by atoms with van der Waals surface area (Å²) in [4.78, 5) is 0. The van der Waals surface area contributed by atoms with Crippen molar-refractivity contribution in [3.63, 3.8) is 0 Å². The highest BCUT2D eigenvalue weighted by Crippen LogP contribution is 2.16. The molecule has 1 aromatic carbocycles. The van der Waals surface area contributed by atoms with Gasteiger partial charge in [0.05, 0.1) is 11.6 Å². The summed E-state index contributed by atoms with van der Waals surface area (Å²) < 4.78 is 14.9. The molecule has 90 valence electrons. The van der Waals surface area contributed by atoms with Crippen molar-refractivity contribution in [3.05, 3.63) is 41.7 Å². The maximum absolute atomic E-state index is 13.2. The second-order valence-electron chi connectivity index (χ2n) is 3.52. The topological polar surface area (TPSA) is 56.7 Å². The number of alkyl halides is 1. The van der Waals surface area contributed by atoms with Gasteiger partial charge in [0, 0.05) is 6.42 Å². The van der Waals surface area contributed by atoms with Crippen LogP contribution in [0.1, 0.15) is 11.6 Å². The molecule has 4 nitrogen and oxygen atoms in total. The van der Waals surface area contributed by atoms with Crippen LogP contribution in [-0.4, -0.2) is 21.3 Å². The van der Waals surface area contributed by atoms with Crippen molar-refractivity contribution in [1.29, 1.82) is 0 Å². The predicted molar refractivity (Wildman–Crippen MR) is 63.6 cm³/mol. The first-order chi connectivity index (χ1) is 8.26. The summed E-state index contributed by atoms with van der Waals surface area (Å²) in [7, 11) is 0. The van der Waals surface area contributed by atoms with Gasteiger partial charge in [0.25, 0.3) is 0 Å². The Morgan fingerprint density at radius 2 is 2.06 bits per heavy atom. The minimum absolute atomic E-state index is 0.216. The van der Waals surface area contributed by atoms with Gasteiger partial charge >= 0.3 is 0 Å². The Kier molecular flexibility index (Phi) is 3.71. The molecule has 0 bridgehead atoms. The van der Waals surface area contributed by atoms with Gasteiger partial charge in [0.15, 0.2) is 5.82 Å². The molecule has 0 aliphatic heterocycles. The molecule has 2 rings (SSSR count). The van der Waals surface area contributed by atoms with E-state index in [2.05, 4.69) is 10.2 Å². The molecule has 0 aliphatic rings. The van der Waals surface area contributed by atoms with Crippen molar-refractivity contribution < 1.29 is 4.39 Å². The number of aromatic nitrogens is 3. The van der Waals surface area contributed by atoms with Crippen molar-refractivity contribution in [2.45, 2.75) is 12.3 Å². The largest absolute Gasteiger partial charge is 0.330 e. The number of rotatable bonds is 4. The molecule has 0 aliphatic carbocycles. The Morgan fingerprint density at radius 1 is 1.29 bits per heavy atom. The van der Waals surface area contributed by atoms with E-state index in [9.17, 15) is 4.39 Å². The quantitative estimate of drug-likeness (QED) is 0.844. The smallest absolute Gasteiger partial charge is 0.152 e. The Morgan fingerprint density at radius 3 is 2.71 bits per heavy atom. The Bertz CT molecular complexity index is 512. The predicted octanol–water partition coefficient (Wildman–Crippen LogP) is 1.65. The zero-order chi connectivity index (χ0) is 12.3. The summed E-state index contributed by atoms with van der Waals surface area (Å²) in [6.07, 6.45) is 0.570. The van der Waals surface area contributed by atoms with E-state index < -0.39 is 0 Å². The Balaban J connectivity index is 2.51. The van der Waals surface area contributed by atoms with Gasteiger partial charge in [0.1, 0.15) is 11.6 Å². The van der Waals surface area contributed by atoms with E-state index in [1.54, 1.807) is 16.7 Å². The molecule has 6 heteroatoms. The van der Waals surface area contributed by atoms with E-state index in [0.29, 0.717) is 30.3 Å². The molecule has 1 heterocycles. The van der Waals surface area contributed by atoms with Gasteiger partial charge < -0.3 is 5.73 Å². The fourth-order valence-corrected chi connectivity index (χ4v) is 1.82. The van der Waals surface area contributed by atoms with Crippen LogP contribution < -0.4 is 5.73 Å². The average Bonchev–Trinajstić information content (AvgIpc) is 2.72. The molecule has 0 amide bonds. The van der Waals surface area contributed by atoms with Crippen LogP contribution in [0.5, 0.6) is 0 Å². The molecule has 0 fully saturated rings. The lowest BCUT2D eigenvalue weighted by Gasteiger charge is -2.08.